The fraction of sp³-hybridized carbons (Fsp3) is 0.636. The molecule has 1 N–H and O–H groups in total. The maximum Gasteiger partial charge on any atom is 0.0249 e. The van der Waals surface area contributed by atoms with Gasteiger partial charge in [0.15, 0.2) is 0 Å². The largest absolute Gasteiger partial charge is 0.313 e. The highest BCUT2D eigenvalue weighted by Gasteiger charge is 1.98. The number of rotatable bonds is 7. The lowest BCUT2D eigenvalue weighted by Gasteiger charge is -2.07. The van der Waals surface area contributed by atoms with E-state index in [9.17, 15) is 0 Å². The third-order valence-corrected chi connectivity index (χ3v) is 3.48. The Labute approximate surface area is 95.5 Å². The van der Waals surface area contributed by atoms with Gasteiger partial charge in [0.25, 0.3) is 0 Å². The van der Waals surface area contributed by atoms with Crippen molar-refractivity contribution < 1.29 is 0 Å². The van der Waals surface area contributed by atoms with E-state index < -0.39 is 0 Å². The maximum atomic E-state index is 5.73. The average molecular weight is 232 g/mol. The van der Waals surface area contributed by atoms with Crippen LogP contribution in [-0.4, -0.2) is 12.4 Å². The molecule has 0 saturated carbocycles. The van der Waals surface area contributed by atoms with Gasteiger partial charge < -0.3 is 5.32 Å². The molecule has 1 rings (SSSR count). The first kappa shape index (κ1) is 12.0. The first-order valence-electron chi connectivity index (χ1n) is 5.10. The summed E-state index contributed by atoms with van der Waals surface area (Å²) in [6.45, 7) is 4.29. The minimum absolute atomic E-state index is 0.652. The number of thiophene rings is 1. The summed E-state index contributed by atoms with van der Waals surface area (Å²) in [6.07, 6.45) is 2.44. The highest BCUT2D eigenvalue weighted by Crippen LogP contribution is 2.07. The van der Waals surface area contributed by atoms with Crippen molar-refractivity contribution >= 4 is 22.9 Å². The molecular weight excluding hydrogens is 214 g/mol. The van der Waals surface area contributed by atoms with Crippen molar-refractivity contribution in [1.82, 2.24) is 5.32 Å². The lowest BCUT2D eigenvalue weighted by Crippen LogP contribution is -2.15. The van der Waals surface area contributed by atoms with Crippen LogP contribution in [-0.2, 0) is 6.54 Å². The topological polar surface area (TPSA) is 12.0 Å². The molecule has 14 heavy (non-hydrogen) atoms. The van der Waals surface area contributed by atoms with Gasteiger partial charge in [0.2, 0.25) is 0 Å². The first-order chi connectivity index (χ1) is 6.83. The molecule has 1 heterocycles. The highest BCUT2D eigenvalue weighted by atomic mass is 35.5. The summed E-state index contributed by atoms with van der Waals surface area (Å²) in [5, 5.41) is 7.74. The molecule has 3 heteroatoms. The summed E-state index contributed by atoms with van der Waals surface area (Å²) < 4.78 is 0. The molecule has 1 atom stereocenters. The molecule has 80 valence electrons. The van der Waals surface area contributed by atoms with E-state index in [4.69, 9.17) is 11.6 Å². The maximum absolute atomic E-state index is 5.73. The molecule has 0 radical (unpaired) electrons. The van der Waals surface area contributed by atoms with E-state index in [0.717, 1.165) is 19.0 Å². The molecule has 0 aliphatic rings. The van der Waals surface area contributed by atoms with Crippen LogP contribution in [0.2, 0.25) is 0 Å². The number of hydrogen-bond donors (Lipinski definition) is 1. The van der Waals surface area contributed by atoms with Gasteiger partial charge in [-0.3, -0.25) is 0 Å². The molecule has 1 nitrogen and oxygen atoms in total. The van der Waals surface area contributed by atoms with Crippen LogP contribution in [0.5, 0.6) is 0 Å². The second kappa shape index (κ2) is 7.27. The Hall–Kier alpha value is -0.0500. The molecule has 0 amide bonds. The summed E-state index contributed by atoms with van der Waals surface area (Å²) in [5.41, 5.74) is 1.39. The van der Waals surface area contributed by atoms with Crippen LogP contribution in [0.15, 0.2) is 16.8 Å². The van der Waals surface area contributed by atoms with Crippen LogP contribution in [0.3, 0.4) is 0 Å². The van der Waals surface area contributed by atoms with E-state index in [1.54, 1.807) is 11.3 Å². The lowest BCUT2D eigenvalue weighted by molar-refractivity contribution is 0.531. The standard InChI is InChI=1S/C11H18ClNS/c1-10(7-12)3-2-5-13-8-11-4-6-14-9-11/h4,6,9-10,13H,2-3,5,7-8H2,1H3. The Balaban J connectivity index is 1.95. The quantitative estimate of drug-likeness (QED) is 0.560. The van der Waals surface area contributed by atoms with Crippen LogP contribution >= 0.6 is 22.9 Å². The predicted octanol–water partition coefficient (Wildman–Crippen LogP) is 3.49. The van der Waals surface area contributed by atoms with Gasteiger partial charge in [-0.05, 0) is 47.7 Å². The van der Waals surface area contributed by atoms with E-state index in [2.05, 4.69) is 29.1 Å². The Bertz CT molecular complexity index is 223. The minimum atomic E-state index is 0.652. The van der Waals surface area contributed by atoms with Gasteiger partial charge in [0, 0.05) is 12.4 Å². The Kier molecular flexibility index (Phi) is 6.24. The SMILES string of the molecule is CC(CCl)CCCNCc1ccsc1. The van der Waals surface area contributed by atoms with Crippen molar-refractivity contribution in [2.24, 2.45) is 5.92 Å². The van der Waals surface area contributed by atoms with Crippen molar-refractivity contribution in [3.8, 4) is 0 Å². The van der Waals surface area contributed by atoms with Crippen molar-refractivity contribution in [3.05, 3.63) is 22.4 Å². The molecule has 0 aromatic carbocycles. The number of alkyl halides is 1. The van der Waals surface area contributed by atoms with Gasteiger partial charge in [0.1, 0.15) is 0 Å². The molecule has 0 spiro atoms. The van der Waals surface area contributed by atoms with Crippen LogP contribution in [0.25, 0.3) is 0 Å². The molecule has 1 aromatic heterocycles. The fourth-order valence-corrected chi connectivity index (χ4v) is 2.10. The molecule has 0 fully saturated rings. The van der Waals surface area contributed by atoms with Crippen molar-refractivity contribution in [1.29, 1.82) is 0 Å². The van der Waals surface area contributed by atoms with Gasteiger partial charge in [-0.25, -0.2) is 0 Å². The molecule has 0 bridgehead atoms. The van der Waals surface area contributed by atoms with E-state index >= 15 is 0 Å². The summed E-state index contributed by atoms with van der Waals surface area (Å²) in [7, 11) is 0. The van der Waals surface area contributed by atoms with Gasteiger partial charge in [-0.1, -0.05) is 6.92 Å². The van der Waals surface area contributed by atoms with Crippen molar-refractivity contribution in [2.45, 2.75) is 26.3 Å². The zero-order chi connectivity index (χ0) is 10.2. The van der Waals surface area contributed by atoms with Crippen LogP contribution in [0.4, 0.5) is 0 Å². The van der Waals surface area contributed by atoms with E-state index in [1.165, 1.54) is 18.4 Å². The Morgan fingerprint density at radius 1 is 1.57 bits per heavy atom. The zero-order valence-electron chi connectivity index (χ0n) is 8.63. The molecule has 0 aliphatic heterocycles. The Morgan fingerprint density at radius 3 is 3.07 bits per heavy atom. The number of hydrogen-bond acceptors (Lipinski definition) is 2. The second-order valence-electron chi connectivity index (χ2n) is 3.71. The number of halogens is 1. The molecular formula is C11H18ClNS. The van der Waals surface area contributed by atoms with E-state index in [0.29, 0.717) is 5.92 Å². The monoisotopic (exact) mass is 231 g/mol. The first-order valence-corrected chi connectivity index (χ1v) is 6.58. The van der Waals surface area contributed by atoms with Crippen LogP contribution in [0, 0.1) is 5.92 Å². The number of nitrogens with one attached hydrogen (secondary N) is 1. The third-order valence-electron chi connectivity index (χ3n) is 2.22. The molecule has 0 aliphatic carbocycles. The van der Waals surface area contributed by atoms with Crippen molar-refractivity contribution in [3.63, 3.8) is 0 Å². The second-order valence-corrected chi connectivity index (χ2v) is 4.80. The fourth-order valence-electron chi connectivity index (χ4n) is 1.28. The minimum Gasteiger partial charge on any atom is -0.313 e. The van der Waals surface area contributed by atoms with Gasteiger partial charge in [-0.2, -0.15) is 11.3 Å². The highest BCUT2D eigenvalue weighted by molar-refractivity contribution is 7.07. The van der Waals surface area contributed by atoms with Gasteiger partial charge in [-0.15, -0.1) is 11.6 Å². The Morgan fingerprint density at radius 2 is 2.43 bits per heavy atom. The third kappa shape index (κ3) is 4.99. The van der Waals surface area contributed by atoms with E-state index in [1.807, 2.05) is 0 Å². The van der Waals surface area contributed by atoms with Crippen molar-refractivity contribution in [2.75, 3.05) is 12.4 Å². The van der Waals surface area contributed by atoms with Crippen LogP contribution in [0.1, 0.15) is 25.3 Å². The summed E-state index contributed by atoms with van der Waals surface area (Å²) in [5.74, 6) is 1.43. The van der Waals surface area contributed by atoms with Gasteiger partial charge >= 0.3 is 0 Å². The summed E-state index contributed by atoms with van der Waals surface area (Å²) in [6, 6.07) is 2.17. The summed E-state index contributed by atoms with van der Waals surface area (Å²) >= 11 is 7.48. The predicted molar refractivity (Wildman–Crippen MR) is 65.1 cm³/mol. The lowest BCUT2D eigenvalue weighted by atomic mass is 10.1. The molecule has 0 saturated heterocycles. The van der Waals surface area contributed by atoms with E-state index in [-0.39, 0.29) is 0 Å². The normalized spacial score (nSPS) is 13.0. The van der Waals surface area contributed by atoms with Gasteiger partial charge in [0.05, 0.1) is 0 Å². The molecule has 1 unspecified atom stereocenters. The zero-order valence-corrected chi connectivity index (χ0v) is 10.2. The summed E-state index contributed by atoms with van der Waals surface area (Å²) in [4.78, 5) is 0. The smallest absolute Gasteiger partial charge is 0.0249 e. The molecule has 1 aromatic rings. The van der Waals surface area contributed by atoms with Crippen LogP contribution < -0.4 is 5.32 Å². The average Bonchev–Trinajstić information content (AvgIpc) is 2.69.